The van der Waals surface area contributed by atoms with Gasteiger partial charge < -0.3 is 14.5 Å². The van der Waals surface area contributed by atoms with Crippen molar-refractivity contribution in [2.45, 2.75) is 25.8 Å². The Bertz CT molecular complexity index is 1140. The lowest BCUT2D eigenvalue weighted by Gasteiger charge is -2.43. The Morgan fingerprint density at radius 3 is 2.43 bits per heavy atom. The van der Waals surface area contributed by atoms with Crippen LogP contribution in [0.2, 0.25) is 5.02 Å². The monoisotopic (exact) mass is 490 g/mol. The van der Waals surface area contributed by atoms with Gasteiger partial charge in [-0.15, -0.1) is 0 Å². The van der Waals surface area contributed by atoms with Crippen molar-refractivity contribution in [3.05, 3.63) is 101 Å². The first kappa shape index (κ1) is 24.8. The number of piperidine rings is 1. The number of nitrogens with zero attached hydrogens (tertiary/aromatic N) is 2. The van der Waals surface area contributed by atoms with Crippen LogP contribution in [0, 0.1) is 5.41 Å². The van der Waals surface area contributed by atoms with Crippen LogP contribution in [0.25, 0.3) is 0 Å². The first-order valence-corrected chi connectivity index (χ1v) is 12.3. The lowest BCUT2D eigenvalue weighted by atomic mass is 9.77. The van der Waals surface area contributed by atoms with E-state index in [0.717, 1.165) is 24.2 Å². The summed E-state index contributed by atoms with van der Waals surface area (Å²) in [5, 5.41) is 0.532. The number of para-hydroxylation sites is 1. The van der Waals surface area contributed by atoms with Gasteiger partial charge in [0.2, 0.25) is 5.91 Å². The lowest BCUT2D eigenvalue weighted by molar-refractivity contribution is -0.134. The SMILES string of the molecule is CN(Cc1ccccc1)C(=O)C[C@@]1(COc2ccccc2)CCCN(C(=O)c2cccc(Cl)c2)C1. The summed E-state index contributed by atoms with van der Waals surface area (Å²) in [7, 11) is 1.83. The van der Waals surface area contributed by atoms with Gasteiger partial charge in [-0.2, -0.15) is 0 Å². The summed E-state index contributed by atoms with van der Waals surface area (Å²) in [5.41, 5.74) is 1.16. The number of benzene rings is 3. The van der Waals surface area contributed by atoms with Crippen LogP contribution in [0.3, 0.4) is 0 Å². The van der Waals surface area contributed by atoms with Crippen LogP contribution in [0.4, 0.5) is 0 Å². The molecule has 5 nitrogen and oxygen atoms in total. The molecule has 1 aliphatic heterocycles. The Morgan fingerprint density at radius 1 is 1.00 bits per heavy atom. The van der Waals surface area contributed by atoms with Crippen LogP contribution in [0.15, 0.2) is 84.9 Å². The minimum atomic E-state index is -0.482. The molecule has 0 spiro atoms. The van der Waals surface area contributed by atoms with Crippen molar-refractivity contribution in [1.82, 2.24) is 9.80 Å². The number of hydrogen-bond donors (Lipinski definition) is 0. The molecule has 0 bridgehead atoms. The number of amides is 2. The minimum Gasteiger partial charge on any atom is -0.493 e. The zero-order chi connectivity index (χ0) is 24.7. The molecule has 0 unspecified atom stereocenters. The van der Waals surface area contributed by atoms with Gasteiger partial charge in [0.05, 0.1) is 6.61 Å². The molecule has 6 heteroatoms. The van der Waals surface area contributed by atoms with Crippen LogP contribution < -0.4 is 4.74 Å². The van der Waals surface area contributed by atoms with Gasteiger partial charge in [-0.1, -0.05) is 66.2 Å². The molecular weight excluding hydrogens is 460 g/mol. The number of rotatable bonds is 8. The zero-order valence-corrected chi connectivity index (χ0v) is 20.8. The molecule has 0 aliphatic carbocycles. The Labute approximate surface area is 212 Å². The molecule has 0 aromatic heterocycles. The molecule has 3 aromatic rings. The third kappa shape index (κ3) is 6.64. The standard InChI is InChI=1S/C29H31ClN2O3/c1-31(20-23-10-4-2-5-11-23)27(33)19-29(22-35-26-14-6-3-7-15-26)16-9-17-32(21-29)28(34)24-12-8-13-25(30)18-24/h2-8,10-15,18H,9,16-17,19-22H2,1H3/t29-/m0/s1. The van der Waals surface area contributed by atoms with Crippen molar-refractivity contribution in [3.8, 4) is 5.75 Å². The molecular formula is C29H31ClN2O3. The number of carbonyl (C=O) groups excluding carboxylic acids is 2. The molecule has 1 heterocycles. The summed E-state index contributed by atoms with van der Waals surface area (Å²) < 4.78 is 6.17. The van der Waals surface area contributed by atoms with Crippen LogP contribution in [0.5, 0.6) is 5.75 Å². The average Bonchev–Trinajstić information content (AvgIpc) is 2.88. The normalized spacial score (nSPS) is 17.6. The molecule has 4 rings (SSSR count). The van der Waals surface area contributed by atoms with E-state index in [2.05, 4.69) is 0 Å². The first-order valence-electron chi connectivity index (χ1n) is 11.9. The fourth-order valence-corrected chi connectivity index (χ4v) is 4.84. The summed E-state index contributed by atoms with van der Waals surface area (Å²) >= 11 is 6.13. The third-order valence-corrected chi connectivity index (χ3v) is 6.76. The van der Waals surface area contributed by atoms with E-state index in [1.807, 2.05) is 72.6 Å². The van der Waals surface area contributed by atoms with Crippen LogP contribution in [0.1, 0.15) is 35.2 Å². The van der Waals surface area contributed by atoms with Gasteiger partial charge in [0.15, 0.2) is 0 Å². The highest BCUT2D eigenvalue weighted by molar-refractivity contribution is 6.30. The fourth-order valence-electron chi connectivity index (χ4n) is 4.65. The van der Waals surface area contributed by atoms with Crippen molar-refractivity contribution in [3.63, 3.8) is 0 Å². The lowest BCUT2D eigenvalue weighted by Crippen LogP contribution is -2.50. The average molecular weight is 491 g/mol. The molecule has 3 aromatic carbocycles. The molecule has 1 aliphatic rings. The summed E-state index contributed by atoms with van der Waals surface area (Å²) in [4.78, 5) is 30.3. The highest BCUT2D eigenvalue weighted by atomic mass is 35.5. The Morgan fingerprint density at radius 2 is 1.71 bits per heavy atom. The predicted octanol–water partition coefficient (Wildman–Crippen LogP) is 5.69. The quantitative estimate of drug-likeness (QED) is 0.407. The maximum atomic E-state index is 13.4. The van der Waals surface area contributed by atoms with Gasteiger partial charge in [0, 0.05) is 49.1 Å². The van der Waals surface area contributed by atoms with Gasteiger partial charge >= 0.3 is 0 Å². The van der Waals surface area contributed by atoms with E-state index in [0.29, 0.717) is 43.2 Å². The molecule has 0 N–H and O–H groups in total. The number of ether oxygens (including phenoxy) is 1. The van der Waals surface area contributed by atoms with E-state index in [4.69, 9.17) is 16.3 Å². The smallest absolute Gasteiger partial charge is 0.253 e. The molecule has 0 saturated carbocycles. The van der Waals surface area contributed by atoms with Gasteiger partial charge in [-0.25, -0.2) is 0 Å². The molecule has 182 valence electrons. The fraction of sp³-hybridized carbons (Fsp3) is 0.310. The van der Waals surface area contributed by atoms with E-state index in [9.17, 15) is 9.59 Å². The molecule has 2 amide bonds. The van der Waals surface area contributed by atoms with Gasteiger partial charge in [0.25, 0.3) is 5.91 Å². The number of likely N-dealkylation sites (tertiary alicyclic amines) is 1. The molecule has 35 heavy (non-hydrogen) atoms. The van der Waals surface area contributed by atoms with Crippen molar-refractivity contribution in [2.24, 2.45) is 5.41 Å². The second-order valence-electron chi connectivity index (χ2n) is 9.35. The van der Waals surface area contributed by atoms with Gasteiger partial charge in [-0.05, 0) is 48.7 Å². The van der Waals surface area contributed by atoms with Gasteiger partial charge in [0.1, 0.15) is 5.75 Å². The van der Waals surface area contributed by atoms with E-state index in [1.165, 1.54) is 0 Å². The van der Waals surface area contributed by atoms with E-state index in [1.54, 1.807) is 29.2 Å². The first-order chi connectivity index (χ1) is 16.9. The minimum absolute atomic E-state index is 0.0440. The summed E-state index contributed by atoms with van der Waals surface area (Å²) in [6.07, 6.45) is 1.92. The van der Waals surface area contributed by atoms with E-state index < -0.39 is 5.41 Å². The predicted molar refractivity (Wildman–Crippen MR) is 138 cm³/mol. The van der Waals surface area contributed by atoms with Crippen LogP contribution >= 0.6 is 11.6 Å². The summed E-state index contributed by atoms with van der Waals surface area (Å²) in [6, 6.07) is 26.6. The topological polar surface area (TPSA) is 49.9 Å². The van der Waals surface area contributed by atoms with Crippen molar-refractivity contribution >= 4 is 23.4 Å². The molecule has 1 atom stereocenters. The van der Waals surface area contributed by atoms with E-state index in [-0.39, 0.29) is 11.8 Å². The largest absolute Gasteiger partial charge is 0.493 e. The zero-order valence-electron chi connectivity index (χ0n) is 20.0. The Kier molecular flexibility index (Phi) is 8.09. The number of carbonyl (C=O) groups is 2. The van der Waals surface area contributed by atoms with Crippen molar-refractivity contribution < 1.29 is 14.3 Å². The Hall–Kier alpha value is -3.31. The van der Waals surface area contributed by atoms with Crippen molar-refractivity contribution in [2.75, 3.05) is 26.7 Å². The summed E-state index contributed by atoms with van der Waals surface area (Å²) in [6.45, 7) is 2.00. The third-order valence-electron chi connectivity index (χ3n) is 6.52. The maximum Gasteiger partial charge on any atom is 0.253 e. The highest BCUT2D eigenvalue weighted by Gasteiger charge is 2.40. The van der Waals surface area contributed by atoms with Gasteiger partial charge in [-0.3, -0.25) is 9.59 Å². The number of halogens is 1. The van der Waals surface area contributed by atoms with E-state index >= 15 is 0 Å². The van der Waals surface area contributed by atoms with Crippen LogP contribution in [-0.2, 0) is 11.3 Å². The molecule has 1 saturated heterocycles. The second-order valence-corrected chi connectivity index (χ2v) is 9.79. The molecule has 0 radical (unpaired) electrons. The maximum absolute atomic E-state index is 13.4. The van der Waals surface area contributed by atoms with Crippen LogP contribution in [-0.4, -0.2) is 48.4 Å². The summed E-state index contributed by atoms with van der Waals surface area (Å²) in [5.74, 6) is 0.735. The number of hydrogen-bond acceptors (Lipinski definition) is 3. The molecule has 1 fully saturated rings. The second kappa shape index (κ2) is 11.4. The Balaban J connectivity index is 1.52. The highest BCUT2D eigenvalue weighted by Crippen LogP contribution is 2.36. The van der Waals surface area contributed by atoms with Crippen molar-refractivity contribution in [1.29, 1.82) is 0 Å².